The van der Waals surface area contributed by atoms with E-state index in [-0.39, 0.29) is 46.2 Å². The van der Waals surface area contributed by atoms with Crippen LogP contribution in [0.5, 0.6) is 0 Å². The first-order chi connectivity index (χ1) is 9.33. The predicted molar refractivity (Wildman–Crippen MR) is 84.8 cm³/mol. The molecule has 1 aliphatic carbocycles. The van der Waals surface area contributed by atoms with E-state index in [2.05, 4.69) is 16.0 Å². The molecule has 18 heavy (non-hydrogen) atoms. The molecular weight excluding hydrogens is 300 g/mol. The molecule has 0 spiro atoms. The smallest absolute Gasteiger partial charge is 0.671 e. The Labute approximate surface area is 141 Å². The van der Waals surface area contributed by atoms with Crippen LogP contribution in [0, 0.1) is 7.43 Å². The SMILES string of the molecule is C[N-]C.C[N-]C.[2H]C1C([2H])C([2H])C(B(C)C[N-]C)C1[2H].[CH3-].[Zr+4]. The predicted octanol–water partition coefficient (Wildman–Crippen LogP) is 4.29. The van der Waals surface area contributed by atoms with Gasteiger partial charge in [0.25, 0.3) is 0 Å². The zero-order valence-electron chi connectivity index (χ0n) is 17.0. The third-order valence-electron chi connectivity index (χ3n) is 1.91. The molecule has 0 aromatic carbocycles. The Morgan fingerprint density at radius 3 is 1.67 bits per heavy atom. The summed E-state index contributed by atoms with van der Waals surface area (Å²) in [7, 11) is 8.72. The Morgan fingerprint density at radius 1 is 1.06 bits per heavy atom. The van der Waals surface area contributed by atoms with Gasteiger partial charge in [0.15, 0.2) is 0 Å². The van der Waals surface area contributed by atoms with Gasteiger partial charge in [-0.1, -0.05) is 38.2 Å². The summed E-state index contributed by atoms with van der Waals surface area (Å²) >= 11 is 0. The topological polar surface area (TPSA) is 42.3 Å². The molecule has 106 valence electrons. The van der Waals surface area contributed by atoms with Crippen LogP contribution in [0.4, 0.5) is 0 Å². The van der Waals surface area contributed by atoms with Crippen molar-refractivity contribution in [1.29, 1.82) is 0 Å². The monoisotopic (exact) mass is 335 g/mol. The second-order valence-corrected chi connectivity index (χ2v) is 3.72. The maximum atomic E-state index is 7.80. The molecule has 0 aliphatic heterocycles. The van der Waals surface area contributed by atoms with E-state index < -0.39 is 25.6 Å². The molecule has 0 heterocycles. The molecule has 1 saturated carbocycles. The van der Waals surface area contributed by atoms with Crippen LogP contribution >= 0.6 is 0 Å². The molecule has 5 heteroatoms. The molecule has 1 fully saturated rings. The first-order valence-electron chi connectivity index (χ1n) is 7.85. The van der Waals surface area contributed by atoms with E-state index in [0.717, 1.165) is 0 Å². The second kappa shape index (κ2) is 23.0. The van der Waals surface area contributed by atoms with Gasteiger partial charge in [0.05, 0.1) is 0 Å². The van der Waals surface area contributed by atoms with Crippen LogP contribution in [-0.4, -0.2) is 48.4 Å². The van der Waals surface area contributed by atoms with Crippen LogP contribution in [-0.2, 0) is 26.2 Å². The molecule has 4 unspecified atom stereocenters. The normalized spacial score (nSPS) is 35.6. The Morgan fingerprint density at radius 2 is 1.39 bits per heavy atom. The van der Waals surface area contributed by atoms with E-state index in [1.807, 2.05) is 6.82 Å². The van der Waals surface area contributed by atoms with Gasteiger partial charge in [-0.3, -0.25) is 0 Å². The summed E-state index contributed by atoms with van der Waals surface area (Å²) in [6.07, 6.45) is -1.98. The van der Waals surface area contributed by atoms with Crippen LogP contribution < -0.4 is 0 Å². The first-order valence-corrected chi connectivity index (χ1v) is 5.54. The molecule has 0 bridgehead atoms. The van der Waals surface area contributed by atoms with Gasteiger partial charge in [0, 0.05) is 5.48 Å². The molecule has 0 radical (unpaired) electrons. The number of hydrogen-bond acceptors (Lipinski definition) is 0. The van der Waals surface area contributed by atoms with E-state index in [1.54, 1.807) is 35.2 Å². The van der Waals surface area contributed by atoms with Gasteiger partial charge in [-0.25, -0.2) is 0 Å². The summed E-state index contributed by atoms with van der Waals surface area (Å²) in [5, 5.41) is 11.0. The molecule has 1 rings (SSSR count). The van der Waals surface area contributed by atoms with Crippen molar-refractivity contribution in [3.05, 3.63) is 23.4 Å². The molecule has 0 aromatic heterocycles. The van der Waals surface area contributed by atoms with Gasteiger partial charge in [-0.2, -0.15) is 41.7 Å². The average molecular weight is 336 g/mol. The first kappa shape index (κ1) is 16.9. The summed E-state index contributed by atoms with van der Waals surface area (Å²) < 4.78 is 30.8. The van der Waals surface area contributed by atoms with E-state index in [1.165, 1.54) is 0 Å². The number of nitrogens with zero attached hydrogens (tertiary/aromatic N) is 3. The Kier molecular flexibility index (Phi) is 21.5. The van der Waals surface area contributed by atoms with Crippen LogP contribution in [0.3, 0.4) is 0 Å². The number of rotatable bonds is 3. The van der Waals surface area contributed by atoms with Crippen LogP contribution in [0.1, 0.15) is 31.1 Å². The fourth-order valence-electron chi connectivity index (χ4n) is 1.24. The molecule has 0 aromatic rings. The van der Waals surface area contributed by atoms with E-state index in [0.29, 0.717) is 6.44 Å². The van der Waals surface area contributed by atoms with Crippen LogP contribution in [0.2, 0.25) is 12.6 Å². The zero-order chi connectivity index (χ0) is 16.3. The van der Waals surface area contributed by atoms with Gasteiger partial charge < -0.3 is 23.4 Å². The van der Waals surface area contributed by atoms with Gasteiger partial charge in [0.2, 0.25) is 0 Å². The minimum Gasteiger partial charge on any atom is -0.671 e. The van der Waals surface area contributed by atoms with Crippen molar-refractivity contribution in [3.8, 4) is 0 Å². The second-order valence-electron chi connectivity index (χ2n) is 3.72. The summed E-state index contributed by atoms with van der Waals surface area (Å²) in [6.45, 7) is 2.11. The minimum atomic E-state index is -0.721. The molecule has 0 amide bonds. The molecular formula is C13H32BN3Zr. The summed E-state index contributed by atoms with van der Waals surface area (Å²) in [5.74, 6) is -0.163. The molecule has 0 N–H and O–H groups in total. The Hall–Kier alpha value is 0.828. The largest absolute Gasteiger partial charge is 4.00 e. The van der Waals surface area contributed by atoms with Crippen molar-refractivity contribution in [2.75, 3.05) is 41.7 Å². The summed E-state index contributed by atoms with van der Waals surface area (Å²) in [5.41, 5.74) is 0. The molecule has 3 nitrogen and oxygen atoms in total. The third-order valence-corrected chi connectivity index (χ3v) is 1.91. The molecule has 4 atom stereocenters. The molecule has 1 aliphatic rings. The van der Waals surface area contributed by atoms with Crippen molar-refractivity contribution < 1.29 is 31.7 Å². The van der Waals surface area contributed by atoms with Crippen LogP contribution in [0.15, 0.2) is 0 Å². The van der Waals surface area contributed by atoms with Gasteiger partial charge >= 0.3 is 26.2 Å². The van der Waals surface area contributed by atoms with E-state index >= 15 is 0 Å². The van der Waals surface area contributed by atoms with Crippen molar-refractivity contribution >= 4 is 6.71 Å². The van der Waals surface area contributed by atoms with Gasteiger partial charge in [-0.05, 0) is 0 Å². The van der Waals surface area contributed by atoms with Crippen molar-refractivity contribution in [2.24, 2.45) is 0 Å². The standard InChI is InChI=1S/C8H17BN.2C2H6N.CH3.Zr/c1-9(7-10-2)8-5-3-4-6-8;2*1-3-2;;/h8H,3-7H2,1-2H3;2*1-2H3;1H3;/q4*-1;+4/i3D,4D,5D,6D;;;;. The Balaban J connectivity index is -0.000000176. The minimum absolute atomic E-state index is 0. The van der Waals surface area contributed by atoms with Crippen LogP contribution in [0.25, 0.3) is 16.0 Å². The fraction of sp³-hybridized carbons (Fsp3) is 0.923. The maximum Gasteiger partial charge on any atom is 4.00 e. The van der Waals surface area contributed by atoms with Gasteiger partial charge in [0.1, 0.15) is 6.71 Å². The third kappa shape index (κ3) is 19.2. The van der Waals surface area contributed by atoms with E-state index in [9.17, 15) is 0 Å². The van der Waals surface area contributed by atoms with E-state index in [4.69, 9.17) is 5.48 Å². The summed E-state index contributed by atoms with van der Waals surface area (Å²) in [4.78, 5) is 0. The molecule has 0 saturated heterocycles. The quantitative estimate of drug-likeness (QED) is 0.545. The average Bonchev–Trinajstić information content (AvgIpc) is 2.56. The van der Waals surface area contributed by atoms with Crippen molar-refractivity contribution in [1.82, 2.24) is 0 Å². The fourth-order valence-corrected chi connectivity index (χ4v) is 1.24. The summed E-state index contributed by atoms with van der Waals surface area (Å²) in [6, 6.07) is 0. The zero-order valence-corrected chi connectivity index (χ0v) is 15.5. The van der Waals surface area contributed by atoms with Gasteiger partial charge in [-0.15, -0.1) is 0 Å². The van der Waals surface area contributed by atoms with Crippen molar-refractivity contribution in [3.63, 3.8) is 0 Å². The maximum absolute atomic E-state index is 7.80. The van der Waals surface area contributed by atoms with Crippen molar-refractivity contribution in [2.45, 2.75) is 38.2 Å². The Bertz CT molecular complexity index is 217. The number of hydrogen-bond donors (Lipinski definition) is 0.